The van der Waals surface area contributed by atoms with Crippen LogP contribution in [0.1, 0.15) is 35.9 Å². The van der Waals surface area contributed by atoms with E-state index in [2.05, 4.69) is 47.2 Å². The Hall–Kier alpha value is -4.76. The second kappa shape index (κ2) is 9.85. The molecule has 6 nitrogen and oxygen atoms in total. The lowest BCUT2D eigenvalue weighted by Gasteiger charge is -2.13. The first-order valence-electron chi connectivity index (χ1n) is 11.7. The molecule has 5 rings (SSSR count). The summed E-state index contributed by atoms with van der Waals surface area (Å²) in [4.78, 5) is 26.8. The van der Waals surface area contributed by atoms with E-state index in [0.29, 0.717) is 28.6 Å². The van der Waals surface area contributed by atoms with E-state index in [0.717, 1.165) is 21.7 Å². The Balaban J connectivity index is 1.60. The van der Waals surface area contributed by atoms with Crippen molar-refractivity contribution in [3.63, 3.8) is 0 Å². The van der Waals surface area contributed by atoms with Gasteiger partial charge in [-0.15, -0.1) is 6.42 Å². The number of aromatic nitrogens is 3. The monoisotopic (exact) mass is 472 g/mol. The highest BCUT2D eigenvalue weighted by Crippen LogP contribution is 2.31. The number of carbonyl (C=O) groups excluding carboxylic acids is 1. The lowest BCUT2D eigenvalue weighted by molar-refractivity contribution is 0.101. The smallest absolute Gasteiger partial charge is 0.293 e. The highest BCUT2D eigenvalue weighted by molar-refractivity contribution is 6.08. The first-order valence-corrected chi connectivity index (χ1v) is 11.7. The van der Waals surface area contributed by atoms with Gasteiger partial charge in [-0.25, -0.2) is 9.97 Å². The summed E-state index contributed by atoms with van der Waals surface area (Å²) >= 11 is 0. The molecule has 176 valence electrons. The SMILES string of the molecule is C#CCOc1ccc2nc(C(=O)Nc3cccc4ccncc34)nc(-c3ccc(C(C)C)cc3)c2c1. The van der Waals surface area contributed by atoms with Crippen LogP contribution in [0.2, 0.25) is 0 Å². The quantitative estimate of drug-likeness (QED) is 0.296. The summed E-state index contributed by atoms with van der Waals surface area (Å²) in [6.07, 6.45) is 8.80. The molecule has 0 aliphatic rings. The number of carbonyl (C=O) groups is 1. The number of nitrogens with one attached hydrogen (secondary N) is 1. The van der Waals surface area contributed by atoms with E-state index in [9.17, 15) is 4.79 Å². The maximum atomic E-state index is 13.3. The van der Waals surface area contributed by atoms with Crippen molar-refractivity contribution in [3.05, 3.63) is 90.5 Å². The highest BCUT2D eigenvalue weighted by atomic mass is 16.5. The van der Waals surface area contributed by atoms with Crippen LogP contribution in [0.5, 0.6) is 5.75 Å². The minimum atomic E-state index is -0.402. The standard InChI is InChI=1S/C30H24N4O2/c1-4-16-36-23-12-13-27-24(17-23)28(22-10-8-20(9-11-22)19(2)3)34-29(32-27)30(35)33-26-7-5-6-21-14-15-31-18-25(21)26/h1,5-15,17-19H,16H2,2-3H3,(H,33,35). The van der Waals surface area contributed by atoms with Crippen LogP contribution in [-0.4, -0.2) is 27.5 Å². The first kappa shape index (κ1) is 23.0. The zero-order valence-electron chi connectivity index (χ0n) is 20.0. The van der Waals surface area contributed by atoms with Crippen molar-refractivity contribution in [1.82, 2.24) is 15.0 Å². The number of benzene rings is 3. The Kier molecular flexibility index (Phi) is 6.29. The van der Waals surface area contributed by atoms with Crippen molar-refractivity contribution in [1.29, 1.82) is 0 Å². The molecule has 5 aromatic rings. The van der Waals surface area contributed by atoms with Gasteiger partial charge in [-0.1, -0.05) is 56.2 Å². The number of hydrogen-bond donors (Lipinski definition) is 1. The molecule has 6 heteroatoms. The van der Waals surface area contributed by atoms with Crippen molar-refractivity contribution in [3.8, 4) is 29.4 Å². The molecule has 0 saturated heterocycles. The number of anilines is 1. The number of rotatable bonds is 6. The van der Waals surface area contributed by atoms with Crippen molar-refractivity contribution in [2.75, 3.05) is 11.9 Å². The lowest BCUT2D eigenvalue weighted by atomic mass is 9.99. The number of amides is 1. The Morgan fingerprint density at radius 3 is 2.64 bits per heavy atom. The molecular weight excluding hydrogens is 448 g/mol. The summed E-state index contributed by atoms with van der Waals surface area (Å²) in [6, 6.07) is 21.2. The van der Waals surface area contributed by atoms with Crippen molar-refractivity contribution in [2.24, 2.45) is 0 Å². The van der Waals surface area contributed by atoms with Crippen molar-refractivity contribution in [2.45, 2.75) is 19.8 Å². The summed E-state index contributed by atoms with van der Waals surface area (Å²) < 4.78 is 5.63. The second-order valence-corrected chi connectivity index (χ2v) is 8.70. The number of nitrogens with zero attached hydrogens (tertiary/aromatic N) is 3. The van der Waals surface area contributed by atoms with Gasteiger partial charge in [0.1, 0.15) is 12.4 Å². The van der Waals surface area contributed by atoms with Crippen LogP contribution >= 0.6 is 0 Å². The van der Waals surface area contributed by atoms with Gasteiger partial charge in [0, 0.05) is 28.7 Å². The molecular formula is C30H24N4O2. The maximum Gasteiger partial charge on any atom is 0.293 e. The van der Waals surface area contributed by atoms with Crippen LogP contribution in [0.15, 0.2) is 79.1 Å². The van der Waals surface area contributed by atoms with Gasteiger partial charge in [0.2, 0.25) is 5.82 Å². The molecule has 0 fully saturated rings. The van der Waals surface area contributed by atoms with Crippen LogP contribution in [0, 0.1) is 12.3 Å². The maximum absolute atomic E-state index is 13.3. The van der Waals surface area contributed by atoms with Crippen LogP contribution in [-0.2, 0) is 0 Å². The highest BCUT2D eigenvalue weighted by Gasteiger charge is 2.17. The number of hydrogen-bond acceptors (Lipinski definition) is 5. The van der Waals surface area contributed by atoms with Crippen LogP contribution < -0.4 is 10.1 Å². The summed E-state index contributed by atoms with van der Waals surface area (Å²) in [5, 5.41) is 5.55. The van der Waals surface area contributed by atoms with Gasteiger partial charge >= 0.3 is 0 Å². The third-order valence-electron chi connectivity index (χ3n) is 5.98. The topological polar surface area (TPSA) is 77.0 Å². The number of ether oxygens (including phenoxy) is 1. The molecule has 3 aromatic carbocycles. The van der Waals surface area contributed by atoms with E-state index in [-0.39, 0.29) is 12.4 Å². The van der Waals surface area contributed by atoms with E-state index < -0.39 is 5.91 Å². The van der Waals surface area contributed by atoms with E-state index in [1.165, 1.54) is 5.56 Å². The van der Waals surface area contributed by atoms with Crippen LogP contribution in [0.25, 0.3) is 32.9 Å². The van der Waals surface area contributed by atoms with Gasteiger partial charge in [-0.05, 0) is 47.2 Å². The fraction of sp³-hybridized carbons (Fsp3) is 0.133. The third-order valence-corrected chi connectivity index (χ3v) is 5.98. The summed E-state index contributed by atoms with van der Waals surface area (Å²) in [6.45, 7) is 4.45. The lowest BCUT2D eigenvalue weighted by Crippen LogP contribution is -2.16. The first-order chi connectivity index (χ1) is 17.5. The average molecular weight is 473 g/mol. The van der Waals surface area contributed by atoms with Gasteiger partial charge < -0.3 is 10.1 Å². The predicted molar refractivity (Wildman–Crippen MR) is 143 cm³/mol. The predicted octanol–water partition coefficient (Wildman–Crippen LogP) is 6.23. The Labute approximate surface area is 209 Å². The summed E-state index contributed by atoms with van der Waals surface area (Å²) in [5.41, 5.74) is 4.02. The minimum Gasteiger partial charge on any atom is -0.481 e. The van der Waals surface area contributed by atoms with Gasteiger partial charge in [-0.3, -0.25) is 9.78 Å². The van der Waals surface area contributed by atoms with Crippen LogP contribution in [0.4, 0.5) is 5.69 Å². The summed E-state index contributed by atoms with van der Waals surface area (Å²) in [7, 11) is 0. The zero-order chi connectivity index (χ0) is 25.1. The molecule has 2 aromatic heterocycles. The van der Waals surface area contributed by atoms with E-state index in [1.54, 1.807) is 18.5 Å². The molecule has 0 radical (unpaired) electrons. The molecule has 2 heterocycles. The Morgan fingerprint density at radius 2 is 1.86 bits per heavy atom. The molecule has 1 amide bonds. The summed E-state index contributed by atoms with van der Waals surface area (Å²) in [5.74, 6) is 3.17. The van der Waals surface area contributed by atoms with Crippen molar-refractivity contribution < 1.29 is 9.53 Å². The Morgan fingerprint density at radius 1 is 1.03 bits per heavy atom. The fourth-order valence-electron chi connectivity index (χ4n) is 4.07. The number of pyridine rings is 1. The minimum absolute atomic E-state index is 0.0728. The van der Waals surface area contributed by atoms with Gasteiger partial charge in [0.25, 0.3) is 5.91 Å². The number of fused-ring (bicyclic) bond motifs is 2. The zero-order valence-corrected chi connectivity index (χ0v) is 20.0. The van der Waals surface area contributed by atoms with Gasteiger partial charge in [-0.2, -0.15) is 0 Å². The van der Waals surface area contributed by atoms with E-state index in [4.69, 9.17) is 16.1 Å². The molecule has 0 aliphatic carbocycles. The molecule has 36 heavy (non-hydrogen) atoms. The third kappa shape index (κ3) is 4.59. The van der Waals surface area contributed by atoms with E-state index >= 15 is 0 Å². The average Bonchev–Trinajstić information content (AvgIpc) is 2.91. The van der Waals surface area contributed by atoms with E-state index in [1.807, 2.05) is 48.5 Å². The molecule has 0 aliphatic heterocycles. The molecule has 0 atom stereocenters. The normalized spacial score (nSPS) is 10.9. The molecule has 0 bridgehead atoms. The Bertz CT molecular complexity index is 1610. The molecule has 1 N–H and O–H groups in total. The molecule has 0 unspecified atom stereocenters. The second-order valence-electron chi connectivity index (χ2n) is 8.70. The van der Waals surface area contributed by atoms with Gasteiger partial charge in [0.15, 0.2) is 0 Å². The fourth-order valence-corrected chi connectivity index (χ4v) is 4.07. The van der Waals surface area contributed by atoms with Gasteiger partial charge in [0.05, 0.1) is 16.9 Å². The molecule has 0 spiro atoms. The van der Waals surface area contributed by atoms with Crippen LogP contribution in [0.3, 0.4) is 0 Å². The molecule has 0 saturated carbocycles. The van der Waals surface area contributed by atoms with Crippen molar-refractivity contribution >= 4 is 33.3 Å². The largest absolute Gasteiger partial charge is 0.481 e. The number of terminal acetylenes is 1.